The summed E-state index contributed by atoms with van der Waals surface area (Å²) in [6, 6.07) is 0. The van der Waals surface area contributed by atoms with Gasteiger partial charge in [0.1, 0.15) is 5.82 Å². The number of aryl methyl sites for hydroxylation is 1. The molecule has 0 unspecified atom stereocenters. The number of hydrogen-bond acceptors (Lipinski definition) is 2. The van der Waals surface area contributed by atoms with Crippen LogP contribution in [0.15, 0.2) is 0 Å². The largest absolute Gasteiger partial charge is 0.407 e. The lowest BCUT2D eigenvalue weighted by atomic mass is 10.1. The average Bonchev–Trinajstić information content (AvgIpc) is 2.47. The minimum absolute atomic E-state index is 0.0148. The van der Waals surface area contributed by atoms with Gasteiger partial charge in [-0.15, -0.1) is 0 Å². The first-order valence-electron chi connectivity index (χ1n) is 4.71. The Morgan fingerprint density at radius 1 is 1.12 bits per heavy atom. The summed E-state index contributed by atoms with van der Waals surface area (Å²) in [6.45, 7) is 1.72. The van der Waals surface area contributed by atoms with Crippen LogP contribution in [-0.2, 0) is 6.42 Å². The van der Waals surface area contributed by atoms with Gasteiger partial charge in [0, 0.05) is 6.42 Å². The molecule has 1 N–H and O–H groups in total. The zero-order chi connectivity index (χ0) is 13.3. The lowest BCUT2D eigenvalue weighted by molar-refractivity contribution is -0.255. The third-order valence-corrected chi connectivity index (χ3v) is 1.95. The van der Waals surface area contributed by atoms with Crippen molar-refractivity contribution in [3.05, 3.63) is 11.6 Å². The first-order chi connectivity index (χ1) is 7.66. The van der Waals surface area contributed by atoms with Gasteiger partial charge in [-0.3, -0.25) is 5.10 Å². The number of nitrogens with one attached hydrogen (secondary N) is 1. The van der Waals surface area contributed by atoms with Crippen LogP contribution in [-0.4, -0.2) is 27.5 Å². The first kappa shape index (κ1) is 13.8. The molecule has 1 rings (SSSR count). The SMILES string of the molecule is CCCc1nc(C(C(F)(F)F)C(F)(F)F)n[nH]1. The Morgan fingerprint density at radius 2 is 1.65 bits per heavy atom. The molecule has 9 heteroatoms. The summed E-state index contributed by atoms with van der Waals surface area (Å²) >= 11 is 0. The van der Waals surface area contributed by atoms with Crippen LogP contribution in [0.5, 0.6) is 0 Å². The van der Waals surface area contributed by atoms with Gasteiger partial charge in [-0.1, -0.05) is 6.92 Å². The Labute approximate surface area is 92.2 Å². The molecule has 0 aliphatic rings. The molecule has 1 heterocycles. The van der Waals surface area contributed by atoms with Crippen molar-refractivity contribution in [2.45, 2.75) is 38.0 Å². The lowest BCUT2D eigenvalue weighted by Gasteiger charge is -2.19. The van der Waals surface area contributed by atoms with Gasteiger partial charge in [-0.2, -0.15) is 31.4 Å². The van der Waals surface area contributed by atoms with Crippen molar-refractivity contribution in [1.29, 1.82) is 0 Å². The first-order valence-corrected chi connectivity index (χ1v) is 4.71. The molecule has 0 amide bonds. The predicted molar refractivity (Wildman–Crippen MR) is 45.2 cm³/mol. The van der Waals surface area contributed by atoms with E-state index in [1.54, 1.807) is 6.92 Å². The van der Waals surface area contributed by atoms with Crippen molar-refractivity contribution in [3.8, 4) is 0 Å². The quantitative estimate of drug-likeness (QED) is 0.850. The van der Waals surface area contributed by atoms with Gasteiger partial charge in [-0.25, -0.2) is 4.98 Å². The van der Waals surface area contributed by atoms with Gasteiger partial charge in [0.05, 0.1) is 0 Å². The Morgan fingerprint density at radius 3 is 2.06 bits per heavy atom. The van der Waals surface area contributed by atoms with Crippen molar-refractivity contribution in [1.82, 2.24) is 15.2 Å². The number of halogens is 6. The van der Waals surface area contributed by atoms with Crippen LogP contribution >= 0.6 is 0 Å². The second-order valence-corrected chi connectivity index (χ2v) is 3.41. The highest BCUT2D eigenvalue weighted by molar-refractivity contribution is 5.04. The van der Waals surface area contributed by atoms with Crippen LogP contribution in [0.2, 0.25) is 0 Å². The number of nitrogens with zero attached hydrogens (tertiary/aromatic N) is 2. The predicted octanol–water partition coefficient (Wildman–Crippen LogP) is 2.97. The fourth-order valence-corrected chi connectivity index (χ4v) is 1.27. The summed E-state index contributed by atoms with van der Waals surface area (Å²) in [5.41, 5.74) is 0. The van der Waals surface area contributed by atoms with E-state index in [9.17, 15) is 26.3 Å². The second-order valence-electron chi connectivity index (χ2n) is 3.41. The Balaban J connectivity index is 3.06. The van der Waals surface area contributed by atoms with E-state index < -0.39 is 24.1 Å². The van der Waals surface area contributed by atoms with Crippen molar-refractivity contribution < 1.29 is 26.3 Å². The summed E-state index contributed by atoms with van der Waals surface area (Å²) in [4.78, 5) is 3.23. The van der Waals surface area contributed by atoms with E-state index in [0.29, 0.717) is 6.42 Å². The zero-order valence-corrected chi connectivity index (χ0v) is 8.65. The number of alkyl halides is 6. The number of hydrogen-bond donors (Lipinski definition) is 1. The van der Waals surface area contributed by atoms with Crippen molar-refractivity contribution in [3.63, 3.8) is 0 Å². The van der Waals surface area contributed by atoms with E-state index in [1.165, 1.54) is 0 Å². The van der Waals surface area contributed by atoms with Crippen LogP contribution in [0, 0.1) is 0 Å². The topological polar surface area (TPSA) is 41.6 Å². The highest BCUT2D eigenvalue weighted by atomic mass is 19.4. The number of rotatable bonds is 3. The van der Waals surface area contributed by atoms with E-state index in [1.807, 2.05) is 0 Å². The Bertz CT molecular complexity index is 352. The number of aromatic amines is 1. The van der Waals surface area contributed by atoms with Crippen LogP contribution in [0.4, 0.5) is 26.3 Å². The molecule has 17 heavy (non-hydrogen) atoms. The molecular weight excluding hydrogens is 252 g/mol. The van der Waals surface area contributed by atoms with Gasteiger partial charge >= 0.3 is 12.4 Å². The van der Waals surface area contributed by atoms with Gasteiger partial charge < -0.3 is 0 Å². The molecule has 3 nitrogen and oxygen atoms in total. The third-order valence-electron chi connectivity index (χ3n) is 1.95. The molecule has 0 aliphatic carbocycles. The van der Waals surface area contributed by atoms with Crippen molar-refractivity contribution in [2.75, 3.05) is 0 Å². The standard InChI is InChI=1S/C8H9F6N3/c1-2-3-4-15-6(17-16-4)5(7(9,10)11)8(12,13)14/h5H,2-3H2,1H3,(H,15,16,17). The van der Waals surface area contributed by atoms with Crippen LogP contribution in [0.3, 0.4) is 0 Å². The Kier molecular flexibility index (Phi) is 3.68. The molecule has 0 aliphatic heterocycles. The fourth-order valence-electron chi connectivity index (χ4n) is 1.27. The average molecular weight is 261 g/mol. The molecule has 0 atom stereocenters. The summed E-state index contributed by atoms with van der Waals surface area (Å²) in [6.07, 6.45) is -10.1. The normalized spacial score (nSPS) is 13.4. The van der Waals surface area contributed by atoms with Gasteiger partial charge in [0.2, 0.25) is 5.92 Å². The summed E-state index contributed by atoms with van der Waals surface area (Å²) in [5.74, 6) is -4.91. The highest BCUT2D eigenvalue weighted by Gasteiger charge is 2.59. The maximum Gasteiger partial charge on any atom is 0.407 e. The fraction of sp³-hybridized carbons (Fsp3) is 0.750. The van der Waals surface area contributed by atoms with E-state index >= 15 is 0 Å². The molecule has 1 aromatic rings. The smallest absolute Gasteiger partial charge is 0.263 e. The lowest BCUT2D eigenvalue weighted by Crippen LogP contribution is -2.35. The summed E-state index contributed by atoms with van der Waals surface area (Å²) < 4.78 is 73.7. The second kappa shape index (κ2) is 4.53. The molecule has 0 spiro atoms. The summed E-state index contributed by atoms with van der Waals surface area (Å²) in [7, 11) is 0. The maximum absolute atomic E-state index is 12.3. The maximum atomic E-state index is 12.3. The molecule has 0 radical (unpaired) electrons. The minimum Gasteiger partial charge on any atom is -0.263 e. The number of aromatic nitrogens is 3. The molecular formula is C8H9F6N3. The van der Waals surface area contributed by atoms with Crippen molar-refractivity contribution in [2.24, 2.45) is 0 Å². The van der Waals surface area contributed by atoms with Crippen LogP contribution in [0.25, 0.3) is 0 Å². The molecule has 0 bridgehead atoms. The van der Waals surface area contributed by atoms with E-state index in [2.05, 4.69) is 15.2 Å². The molecule has 0 saturated carbocycles. The zero-order valence-electron chi connectivity index (χ0n) is 8.65. The molecule has 1 aromatic heterocycles. The van der Waals surface area contributed by atoms with Gasteiger partial charge in [0.25, 0.3) is 0 Å². The van der Waals surface area contributed by atoms with E-state index in [0.717, 1.165) is 0 Å². The number of H-pyrrole nitrogens is 1. The van der Waals surface area contributed by atoms with E-state index in [-0.39, 0.29) is 12.2 Å². The minimum atomic E-state index is -5.45. The molecule has 98 valence electrons. The molecule has 0 aromatic carbocycles. The van der Waals surface area contributed by atoms with Crippen LogP contribution < -0.4 is 0 Å². The van der Waals surface area contributed by atoms with Gasteiger partial charge in [0.15, 0.2) is 5.82 Å². The van der Waals surface area contributed by atoms with Crippen LogP contribution in [0.1, 0.15) is 30.9 Å². The Hall–Kier alpha value is -1.28. The summed E-state index contributed by atoms with van der Waals surface area (Å²) in [5, 5.41) is 5.06. The molecule has 0 fully saturated rings. The third kappa shape index (κ3) is 3.34. The monoisotopic (exact) mass is 261 g/mol. The van der Waals surface area contributed by atoms with Crippen molar-refractivity contribution >= 4 is 0 Å². The highest BCUT2D eigenvalue weighted by Crippen LogP contribution is 2.44. The van der Waals surface area contributed by atoms with Gasteiger partial charge in [-0.05, 0) is 6.42 Å². The molecule has 0 saturated heterocycles. The van der Waals surface area contributed by atoms with E-state index in [4.69, 9.17) is 0 Å².